The summed E-state index contributed by atoms with van der Waals surface area (Å²) >= 11 is 1.35. The normalized spacial score (nSPS) is 26.9. The molecular formula is C13H20N2O4S. The molecule has 1 aliphatic rings. The number of thioether (sulfide) groups is 1. The molecule has 1 aliphatic heterocycles. The number of nitrogens with zero attached hydrogens (tertiary/aromatic N) is 1. The van der Waals surface area contributed by atoms with E-state index in [4.69, 9.17) is 0 Å². The van der Waals surface area contributed by atoms with Crippen molar-refractivity contribution >= 4 is 11.8 Å². The van der Waals surface area contributed by atoms with Crippen LogP contribution >= 0.6 is 11.8 Å². The maximum Gasteiger partial charge on any atom is 0.329 e. The molecular weight excluding hydrogens is 280 g/mol. The van der Waals surface area contributed by atoms with Gasteiger partial charge in [-0.25, -0.2) is 4.79 Å². The van der Waals surface area contributed by atoms with E-state index >= 15 is 0 Å². The summed E-state index contributed by atoms with van der Waals surface area (Å²) in [5.74, 6) is 0. The molecule has 0 amide bonds. The first-order chi connectivity index (χ1) is 9.24. The van der Waals surface area contributed by atoms with Crippen molar-refractivity contribution in [3.8, 4) is 0 Å². The summed E-state index contributed by atoms with van der Waals surface area (Å²) in [6.45, 7) is 5.57. The highest BCUT2D eigenvalue weighted by Crippen LogP contribution is 2.40. The van der Waals surface area contributed by atoms with Crippen LogP contribution in [0.3, 0.4) is 0 Å². The Morgan fingerprint density at radius 1 is 1.45 bits per heavy atom. The summed E-state index contributed by atoms with van der Waals surface area (Å²) in [6, 6.07) is 0. The average Bonchev–Trinajstić information content (AvgIpc) is 2.68. The maximum atomic E-state index is 12.0. The van der Waals surface area contributed by atoms with Gasteiger partial charge in [0.15, 0.2) is 0 Å². The number of hydrogen-bond acceptors (Lipinski definition) is 5. The smallest absolute Gasteiger partial charge is 0.329 e. The van der Waals surface area contributed by atoms with Gasteiger partial charge in [0, 0.05) is 18.2 Å². The van der Waals surface area contributed by atoms with E-state index in [0.717, 1.165) is 0 Å². The summed E-state index contributed by atoms with van der Waals surface area (Å²) in [5, 5.41) is 18.4. The molecule has 2 heterocycles. The molecule has 2 rings (SSSR count). The topological polar surface area (TPSA) is 95.3 Å². The zero-order valence-corrected chi connectivity index (χ0v) is 12.6. The Labute approximate surface area is 120 Å². The zero-order valence-electron chi connectivity index (χ0n) is 11.8. The van der Waals surface area contributed by atoms with Crippen LogP contribution in [0.25, 0.3) is 0 Å². The largest absolute Gasteiger partial charge is 0.395 e. The van der Waals surface area contributed by atoms with Gasteiger partial charge in [0.2, 0.25) is 0 Å². The first-order valence-corrected chi connectivity index (χ1v) is 7.48. The SMILES string of the molecule is CC(C)(C)c1cn([C@H]2CC(O)C(CO)S2)c(=O)[nH]c1=O. The quantitative estimate of drug-likeness (QED) is 0.725. The predicted molar refractivity (Wildman–Crippen MR) is 78.1 cm³/mol. The van der Waals surface area contributed by atoms with E-state index in [-0.39, 0.29) is 28.2 Å². The molecule has 20 heavy (non-hydrogen) atoms. The van der Waals surface area contributed by atoms with Crippen molar-refractivity contribution < 1.29 is 10.2 Å². The van der Waals surface area contributed by atoms with Gasteiger partial charge < -0.3 is 10.2 Å². The van der Waals surface area contributed by atoms with Crippen molar-refractivity contribution in [2.45, 2.75) is 49.3 Å². The standard InChI is InChI=1S/C13H20N2O4S/c1-13(2,3)7-5-15(12(19)14-11(7)18)10-4-8(17)9(6-16)20-10/h5,8-10,16-17H,4,6H2,1-3H3,(H,14,18,19)/t8?,9?,10-/m1/s1. The number of hydrogen-bond donors (Lipinski definition) is 3. The van der Waals surface area contributed by atoms with Crippen molar-refractivity contribution in [2.24, 2.45) is 0 Å². The first kappa shape index (κ1) is 15.3. The number of nitrogens with one attached hydrogen (secondary N) is 1. The van der Waals surface area contributed by atoms with Crippen LogP contribution in [-0.2, 0) is 5.41 Å². The summed E-state index contributed by atoms with van der Waals surface area (Å²) in [7, 11) is 0. The lowest BCUT2D eigenvalue weighted by molar-refractivity contribution is 0.137. The number of rotatable bonds is 2. The molecule has 1 fully saturated rings. The number of aliphatic hydroxyl groups is 2. The molecule has 6 nitrogen and oxygen atoms in total. The number of H-pyrrole nitrogens is 1. The fourth-order valence-corrected chi connectivity index (χ4v) is 3.66. The molecule has 0 aromatic carbocycles. The molecule has 1 saturated heterocycles. The minimum Gasteiger partial charge on any atom is -0.395 e. The molecule has 1 aromatic heterocycles. The third-order valence-electron chi connectivity index (χ3n) is 3.47. The van der Waals surface area contributed by atoms with Gasteiger partial charge in [-0.15, -0.1) is 11.8 Å². The van der Waals surface area contributed by atoms with E-state index in [1.807, 2.05) is 20.8 Å². The van der Waals surface area contributed by atoms with Crippen LogP contribution in [0.4, 0.5) is 0 Å². The highest BCUT2D eigenvalue weighted by atomic mass is 32.2. The Bertz CT molecular complexity index is 602. The van der Waals surface area contributed by atoms with Gasteiger partial charge in [0.25, 0.3) is 5.56 Å². The minimum absolute atomic E-state index is 0.132. The van der Waals surface area contributed by atoms with Crippen molar-refractivity contribution in [1.82, 2.24) is 9.55 Å². The lowest BCUT2D eigenvalue weighted by Crippen LogP contribution is -2.36. The van der Waals surface area contributed by atoms with Crippen molar-refractivity contribution in [3.05, 3.63) is 32.6 Å². The first-order valence-electron chi connectivity index (χ1n) is 6.54. The van der Waals surface area contributed by atoms with E-state index in [1.54, 1.807) is 6.20 Å². The van der Waals surface area contributed by atoms with Gasteiger partial charge in [-0.1, -0.05) is 20.8 Å². The summed E-state index contributed by atoms with van der Waals surface area (Å²) in [4.78, 5) is 26.2. The average molecular weight is 300 g/mol. The van der Waals surface area contributed by atoms with Crippen LogP contribution in [-0.4, -0.2) is 37.7 Å². The Morgan fingerprint density at radius 2 is 2.10 bits per heavy atom. The molecule has 0 aliphatic carbocycles. The molecule has 0 spiro atoms. The molecule has 2 unspecified atom stereocenters. The fourth-order valence-electron chi connectivity index (χ4n) is 2.28. The summed E-state index contributed by atoms with van der Waals surface area (Å²) in [6.07, 6.45) is 1.31. The predicted octanol–water partition coefficient (Wildman–Crippen LogP) is 0.191. The molecule has 0 bridgehead atoms. The van der Waals surface area contributed by atoms with E-state index in [2.05, 4.69) is 4.98 Å². The van der Waals surface area contributed by atoms with Crippen LogP contribution in [0.15, 0.2) is 15.8 Å². The van der Waals surface area contributed by atoms with Gasteiger partial charge in [-0.3, -0.25) is 14.3 Å². The molecule has 0 radical (unpaired) electrons. The molecule has 3 atom stereocenters. The van der Waals surface area contributed by atoms with Crippen LogP contribution in [0.5, 0.6) is 0 Å². The monoisotopic (exact) mass is 300 g/mol. The van der Waals surface area contributed by atoms with E-state index in [1.165, 1.54) is 16.3 Å². The highest BCUT2D eigenvalue weighted by Gasteiger charge is 2.35. The van der Waals surface area contributed by atoms with Gasteiger partial charge >= 0.3 is 5.69 Å². The Morgan fingerprint density at radius 3 is 2.60 bits per heavy atom. The second-order valence-electron chi connectivity index (χ2n) is 6.07. The number of aromatic nitrogens is 2. The third-order valence-corrected chi connectivity index (χ3v) is 5.02. The Hall–Kier alpha value is -1.05. The lowest BCUT2D eigenvalue weighted by Gasteiger charge is -2.20. The van der Waals surface area contributed by atoms with Gasteiger partial charge in [-0.05, 0) is 5.41 Å². The van der Waals surface area contributed by atoms with Gasteiger partial charge in [0.05, 0.1) is 23.3 Å². The Kier molecular flexibility index (Phi) is 4.13. The zero-order chi connectivity index (χ0) is 15.1. The molecule has 112 valence electrons. The summed E-state index contributed by atoms with van der Waals surface area (Å²) < 4.78 is 1.45. The van der Waals surface area contributed by atoms with Crippen LogP contribution in [0.2, 0.25) is 0 Å². The second-order valence-corrected chi connectivity index (χ2v) is 7.50. The maximum absolute atomic E-state index is 12.0. The Balaban J connectivity index is 2.43. The molecule has 0 saturated carbocycles. The number of aliphatic hydroxyl groups excluding tert-OH is 2. The van der Waals surface area contributed by atoms with Crippen molar-refractivity contribution in [1.29, 1.82) is 0 Å². The van der Waals surface area contributed by atoms with Crippen LogP contribution < -0.4 is 11.2 Å². The van der Waals surface area contributed by atoms with Crippen LogP contribution in [0, 0.1) is 0 Å². The molecule has 7 heteroatoms. The van der Waals surface area contributed by atoms with Crippen molar-refractivity contribution in [2.75, 3.05) is 6.61 Å². The highest BCUT2D eigenvalue weighted by molar-refractivity contribution is 8.00. The number of aromatic amines is 1. The van der Waals surface area contributed by atoms with Crippen molar-refractivity contribution in [3.63, 3.8) is 0 Å². The molecule has 3 N–H and O–H groups in total. The van der Waals surface area contributed by atoms with Crippen LogP contribution in [0.1, 0.15) is 38.1 Å². The van der Waals surface area contributed by atoms with Gasteiger partial charge in [-0.2, -0.15) is 0 Å². The van der Waals surface area contributed by atoms with E-state index < -0.39 is 11.8 Å². The summed E-state index contributed by atoms with van der Waals surface area (Å²) in [5.41, 5.74) is -0.701. The van der Waals surface area contributed by atoms with Gasteiger partial charge in [0.1, 0.15) is 0 Å². The molecule has 1 aromatic rings. The van der Waals surface area contributed by atoms with E-state index in [0.29, 0.717) is 12.0 Å². The third kappa shape index (κ3) is 2.84. The minimum atomic E-state index is -0.646. The fraction of sp³-hybridized carbons (Fsp3) is 0.692. The lowest BCUT2D eigenvalue weighted by atomic mass is 9.89. The van der Waals surface area contributed by atoms with E-state index in [9.17, 15) is 19.8 Å². The second kappa shape index (κ2) is 5.38.